The molecule has 0 amide bonds. The van der Waals surface area contributed by atoms with E-state index in [0.29, 0.717) is 24.2 Å². The van der Waals surface area contributed by atoms with Gasteiger partial charge in [0.15, 0.2) is 0 Å². The third-order valence-electron chi connectivity index (χ3n) is 2.52. The second-order valence-electron chi connectivity index (χ2n) is 3.92. The zero-order valence-electron chi connectivity index (χ0n) is 10.9. The predicted octanol–water partition coefficient (Wildman–Crippen LogP) is 3.98. The van der Waals surface area contributed by atoms with Gasteiger partial charge in [-0.2, -0.15) is 0 Å². The van der Waals surface area contributed by atoms with Crippen LogP contribution in [0.2, 0.25) is 0 Å². The Hall–Kier alpha value is -1.40. The first kappa shape index (κ1) is 18.6. The lowest BCUT2D eigenvalue weighted by atomic mass is 10.0. The largest absolute Gasteiger partial charge is 0.573 e. The first-order valence-corrected chi connectivity index (χ1v) is 5.67. The van der Waals surface area contributed by atoms with Crippen LogP contribution in [0, 0.1) is 0 Å². The van der Waals surface area contributed by atoms with Crippen molar-refractivity contribution in [3.63, 3.8) is 0 Å². The highest BCUT2D eigenvalue weighted by molar-refractivity contribution is 5.85. The second kappa shape index (κ2) is 8.01. The van der Waals surface area contributed by atoms with Crippen LogP contribution in [0.4, 0.5) is 13.2 Å². The highest BCUT2D eigenvalue weighted by atomic mass is 35.5. The first-order chi connectivity index (χ1) is 8.87. The molecular weight excluding hydrogens is 295 g/mol. The molecule has 3 nitrogen and oxygen atoms in total. The third-order valence-corrected chi connectivity index (χ3v) is 2.52. The Kier molecular flexibility index (Phi) is 7.45. The highest BCUT2D eigenvalue weighted by Crippen LogP contribution is 2.32. The molecule has 1 rings (SSSR count). The molecular formula is C13H17ClF3NO2. The molecule has 0 aromatic heterocycles. The summed E-state index contributed by atoms with van der Waals surface area (Å²) in [4.78, 5) is 0. The fourth-order valence-corrected chi connectivity index (χ4v) is 1.65. The van der Waals surface area contributed by atoms with Crippen LogP contribution in [0.25, 0.3) is 0 Å². The smallest absolute Gasteiger partial charge is 0.496 e. The van der Waals surface area contributed by atoms with Crippen LogP contribution in [0.1, 0.15) is 24.4 Å². The summed E-state index contributed by atoms with van der Waals surface area (Å²) in [7, 11) is 1.43. The van der Waals surface area contributed by atoms with E-state index in [-0.39, 0.29) is 18.2 Å². The van der Waals surface area contributed by atoms with Crippen LogP contribution in [0.3, 0.4) is 0 Å². The van der Waals surface area contributed by atoms with Crippen molar-refractivity contribution in [1.29, 1.82) is 0 Å². The summed E-state index contributed by atoms with van der Waals surface area (Å²) in [6.45, 7) is 3.57. The van der Waals surface area contributed by atoms with Crippen molar-refractivity contribution in [2.75, 3.05) is 7.11 Å². The van der Waals surface area contributed by atoms with Gasteiger partial charge in [-0.3, -0.25) is 0 Å². The molecule has 114 valence electrons. The summed E-state index contributed by atoms with van der Waals surface area (Å²) in [5.41, 5.74) is 6.40. The van der Waals surface area contributed by atoms with Gasteiger partial charge in [0.2, 0.25) is 0 Å². The van der Waals surface area contributed by atoms with E-state index in [1.807, 2.05) is 0 Å². The quantitative estimate of drug-likeness (QED) is 0.808. The average Bonchev–Trinajstić information content (AvgIpc) is 2.34. The molecule has 0 aliphatic heterocycles. The fraction of sp³-hybridized carbons (Fsp3) is 0.385. The van der Waals surface area contributed by atoms with Crippen molar-refractivity contribution in [2.45, 2.75) is 25.2 Å². The second-order valence-corrected chi connectivity index (χ2v) is 3.92. The van der Waals surface area contributed by atoms with Gasteiger partial charge in [-0.15, -0.1) is 32.2 Å². The molecule has 2 N–H and O–H groups in total. The number of rotatable bonds is 6. The van der Waals surface area contributed by atoms with E-state index < -0.39 is 12.4 Å². The lowest BCUT2D eigenvalue weighted by molar-refractivity contribution is -0.274. The highest BCUT2D eigenvalue weighted by Gasteiger charge is 2.31. The monoisotopic (exact) mass is 311 g/mol. The summed E-state index contributed by atoms with van der Waals surface area (Å²) < 4.78 is 45.4. The van der Waals surface area contributed by atoms with E-state index in [2.05, 4.69) is 11.3 Å². The SMILES string of the molecule is C=CCC[C@H](N)c1cc(OC(F)(F)F)ccc1OC.Cl. The number of halogens is 4. The van der Waals surface area contributed by atoms with Gasteiger partial charge in [0, 0.05) is 11.6 Å². The molecule has 0 aliphatic rings. The summed E-state index contributed by atoms with van der Waals surface area (Å²) in [5, 5.41) is 0. The lowest BCUT2D eigenvalue weighted by Gasteiger charge is -2.17. The Morgan fingerprint density at radius 3 is 2.55 bits per heavy atom. The number of benzene rings is 1. The number of methoxy groups -OCH3 is 1. The summed E-state index contributed by atoms with van der Waals surface area (Å²) in [6.07, 6.45) is -1.80. The van der Waals surface area contributed by atoms with Crippen LogP contribution in [0.15, 0.2) is 30.9 Å². The summed E-state index contributed by atoms with van der Waals surface area (Å²) in [6, 6.07) is 3.41. The van der Waals surface area contributed by atoms with E-state index in [1.54, 1.807) is 6.08 Å². The van der Waals surface area contributed by atoms with Gasteiger partial charge >= 0.3 is 6.36 Å². The van der Waals surface area contributed by atoms with Crippen molar-refractivity contribution >= 4 is 12.4 Å². The number of ether oxygens (including phenoxy) is 2. The number of nitrogens with two attached hydrogens (primary N) is 1. The summed E-state index contributed by atoms with van der Waals surface area (Å²) >= 11 is 0. The minimum atomic E-state index is -4.73. The molecule has 0 radical (unpaired) electrons. The third kappa shape index (κ3) is 5.71. The first-order valence-electron chi connectivity index (χ1n) is 5.67. The molecule has 1 atom stereocenters. The van der Waals surface area contributed by atoms with Gasteiger partial charge < -0.3 is 15.2 Å². The maximum Gasteiger partial charge on any atom is 0.573 e. The van der Waals surface area contributed by atoms with E-state index >= 15 is 0 Å². The van der Waals surface area contributed by atoms with Gasteiger partial charge in [0.05, 0.1) is 7.11 Å². The molecule has 1 aromatic rings. The van der Waals surface area contributed by atoms with Crippen molar-refractivity contribution in [3.05, 3.63) is 36.4 Å². The zero-order chi connectivity index (χ0) is 14.5. The van der Waals surface area contributed by atoms with Gasteiger partial charge in [0.1, 0.15) is 11.5 Å². The molecule has 0 fully saturated rings. The van der Waals surface area contributed by atoms with Gasteiger partial charge in [-0.25, -0.2) is 0 Å². The van der Waals surface area contributed by atoms with E-state index in [9.17, 15) is 13.2 Å². The number of hydrogen-bond acceptors (Lipinski definition) is 3. The standard InChI is InChI=1S/C13H16F3NO2.ClH/c1-3-4-5-11(17)10-8-9(19-13(14,15)16)6-7-12(10)18-2;/h3,6-8,11H,1,4-5,17H2,2H3;1H/t11-;/m0./s1. The minimum absolute atomic E-state index is 0. The topological polar surface area (TPSA) is 44.5 Å². The summed E-state index contributed by atoms with van der Waals surface area (Å²) in [5.74, 6) is 0.128. The Labute approximate surface area is 122 Å². The Bertz CT molecular complexity index is 438. The number of alkyl halides is 3. The molecule has 0 unspecified atom stereocenters. The Morgan fingerprint density at radius 1 is 1.40 bits per heavy atom. The number of hydrogen-bond donors (Lipinski definition) is 1. The molecule has 20 heavy (non-hydrogen) atoms. The molecule has 0 aliphatic carbocycles. The van der Waals surface area contributed by atoms with Crippen molar-refractivity contribution in [2.24, 2.45) is 5.73 Å². The van der Waals surface area contributed by atoms with E-state index in [4.69, 9.17) is 10.5 Å². The molecule has 7 heteroatoms. The molecule has 0 saturated heterocycles. The van der Waals surface area contributed by atoms with Crippen LogP contribution in [-0.4, -0.2) is 13.5 Å². The fourth-order valence-electron chi connectivity index (χ4n) is 1.65. The van der Waals surface area contributed by atoms with Crippen LogP contribution < -0.4 is 15.2 Å². The van der Waals surface area contributed by atoms with E-state index in [0.717, 1.165) is 0 Å². The normalized spacial score (nSPS) is 12.2. The van der Waals surface area contributed by atoms with Crippen molar-refractivity contribution < 1.29 is 22.6 Å². The Balaban J connectivity index is 0.00000361. The number of allylic oxidation sites excluding steroid dienone is 1. The Morgan fingerprint density at radius 2 is 2.05 bits per heavy atom. The van der Waals surface area contributed by atoms with Crippen molar-refractivity contribution in [3.8, 4) is 11.5 Å². The maximum atomic E-state index is 12.2. The maximum absolute atomic E-state index is 12.2. The van der Waals surface area contributed by atoms with Gasteiger partial charge in [-0.05, 0) is 31.0 Å². The predicted molar refractivity (Wildman–Crippen MR) is 73.3 cm³/mol. The van der Waals surface area contributed by atoms with Gasteiger partial charge in [0.25, 0.3) is 0 Å². The van der Waals surface area contributed by atoms with E-state index in [1.165, 1.54) is 25.3 Å². The lowest BCUT2D eigenvalue weighted by Crippen LogP contribution is -2.18. The minimum Gasteiger partial charge on any atom is -0.496 e. The molecule has 0 heterocycles. The molecule has 0 spiro atoms. The van der Waals surface area contributed by atoms with Gasteiger partial charge in [-0.1, -0.05) is 6.08 Å². The van der Waals surface area contributed by atoms with Crippen LogP contribution >= 0.6 is 12.4 Å². The zero-order valence-corrected chi connectivity index (χ0v) is 11.8. The molecule has 1 aromatic carbocycles. The molecule has 0 saturated carbocycles. The van der Waals surface area contributed by atoms with Crippen molar-refractivity contribution in [1.82, 2.24) is 0 Å². The van der Waals surface area contributed by atoms with Crippen LogP contribution in [-0.2, 0) is 0 Å². The molecule has 0 bridgehead atoms. The van der Waals surface area contributed by atoms with Crippen LogP contribution in [0.5, 0.6) is 11.5 Å². The average molecular weight is 312 g/mol.